The molecule has 0 radical (unpaired) electrons. The van der Waals surface area contributed by atoms with E-state index in [1.54, 1.807) is 40.0 Å². The number of likely N-dealkylation sites (tertiary alicyclic amines) is 2. The van der Waals surface area contributed by atoms with E-state index in [4.69, 9.17) is 25.9 Å². The Bertz CT molecular complexity index is 1480. The first-order chi connectivity index (χ1) is 20.4. The smallest absolute Gasteiger partial charge is 0.410 e. The third-order valence-corrected chi connectivity index (χ3v) is 6.94. The summed E-state index contributed by atoms with van der Waals surface area (Å²) in [7, 11) is 1.31. The molecule has 1 aromatic heterocycles. The van der Waals surface area contributed by atoms with Crippen LogP contribution in [0.25, 0.3) is 11.3 Å². The summed E-state index contributed by atoms with van der Waals surface area (Å²) in [5, 5.41) is 4.83. The quantitative estimate of drug-likeness (QED) is 0.308. The van der Waals surface area contributed by atoms with Crippen molar-refractivity contribution in [1.29, 1.82) is 0 Å². The second kappa shape index (κ2) is 13.4. The topological polar surface area (TPSA) is 103 Å². The zero-order valence-electron chi connectivity index (χ0n) is 24.3. The lowest BCUT2D eigenvalue weighted by Gasteiger charge is -2.40. The fraction of sp³-hybridized carbons (Fsp3) is 0.400. The molecule has 2 fully saturated rings. The van der Waals surface area contributed by atoms with Crippen LogP contribution in [0.4, 0.5) is 13.6 Å². The molecule has 2 aliphatic heterocycles. The van der Waals surface area contributed by atoms with E-state index >= 15 is 4.39 Å². The minimum Gasteiger partial charge on any atom is -0.471 e. The largest absolute Gasteiger partial charge is 0.471 e. The van der Waals surface area contributed by atoms with Crippen LogP contribution >= 0.6 is 11.6 Å². The minimum absolute atomic E-state index is 0.126. The van der Waals surface area contributed by atoms with Crippen LogP contribution in [0.1, 0.15) is 50.0 Å². The summed E-state index contributed by atoms with van der Waals surface area (Å²) in [6.07, 6.45) is 2.89. The molecule has 43 heavy (non-hydrogen) atoms. The lowest BCUT2D eigenvalue weighted by atomic mass is 10.1. The third-order valence-electron chi connectivity index (χ3n) is 6.71. The predicted octanol–water partition coefficient (Wildman–Crippen LogP) is 6.09. The van der Waals surface area contributed by atoms with Gasteiger partial charge in [-0.15, -0.1) is 0 Å². The highest BCUT2D eigenvalue weighted by Gasteiger charge is 2.36. The average molecular weight is 619 g/mol. The molecule has 2 aliphatic rings. The van der Waals surface area contributed by atoms with Gasteiger partial charge in [-0.2, -0.15) is 5.10 Å². The Kier molecular flexibility index (Phi) is 9.90. The van der Waals surface area contributed by atoms with Crippen LogP contribution in [0, 0.1) is 11.6 Å². The van der Waals surface area contributed by atoms with Crippen molar-refractivity contribution in [3.8, 4) is 22.8 Å². The van der Waals surface area contributed by atoms with Gasteiger partial charge < -0.3 is 24.0 Å². The highest BCUT2D eigenvalue weighted by molar-refractivity contribution is 6.31. The number of benzene rings is 2. The Morgan fingerprint density at radius 2 is 1.67 bits per heavy atom. The summed E-state index contributed by atoms with van der Waals surface area (Å²) in [6.45, 7) is 7.64. The molecular weight excluding hydrogens is 586 g/mol. The zero-order valence-corrected chi connectivity index (χ0v) is 25.1. The van der Waals surface area contributed by atoms with Gasteiger partial charge >= 0.3 is 6.09 Å². The first-order valence-electron chi connectivity index (χ1n) is 13.7. The number of hydrogen-bond acceptors (Lipinski definition) is 7. The van der Waals surface area contributed by atoms with Gasteiger partial charge in [0, 0.05) is 49.0 Å². The van der Waals surface area contributed by atoms with Gasteiger partial charge in [-0.05, 0) is 63.9 Å². The molecule has 13 heteroatoms. The van der Waals surface area contributed by atoms with Crippen molar-refractivity contribution in [1.82, 2.24) is 19.6 Å². The van der Waals surface area contributed by atoms with E-state index in [0.29, 0.717) is 48.9 Å². The van der Waals surface area contributed by atoms with Gasteiger partial charge in [0.2, 0.25) is 0 Å². The molecule has 5 rings (SSSR count). The monoisotopic (exact) mass is 618 g/mol. The Balaban J connectivity index is 0.000000996. The number of amides is 2. The summed E-state index contributed by atoms with van der Waals surface area (Å²) in [5.41, 5.74) is 0.215. The molecule has 0 atom stereocenters. The van der Waals surface area contributed by atoms with Crippen LogP contribution in [0.3, 0.4) is 0 Å². The van der Waals surface area contributed by atoms with Crippen LogP contribution in [0.15, 0.2) is 42.6 Å². The number of ether oxygens (including phenoxy) is 3. The van der Waals surface area contributed by atoms with Crippen LogP contribution in [-0.2, 0) is 14.3 Å². The SMILES string of the molecule is CC(C)(C)OC(=O)N1CC(n2nccc2-c2cc(Cl)ccc2Oc2cc(F)c(C(=O)N3CCCC3)cc2F)C1.COC=O. The Labute approximate surface area is 253 Å². The fourth-order valence-corrected chi connectivity index (χ4v) is 4.85. The molecule has 0 aliphatic carbocycles. The van der Waals surface area contributed by atoms with Gasteiger partial charge in [-0.25, -0.2) is 13.6 Å². The lowest BCUT2D eigenvalue weighted by molar-refractivity contribution is -0.126. The molecule has 2 amide bonds. The molecule has 3 aromatic rings. The number of rotatable bonds is 6. The molecule has 0 bridgehead atoms. The van der Waals surface area contributed by atoms with E-state index in [1.807, 2.05) is 20.8 Å². The summed E-state index contributed by atoms with van der Waals surface area (Å²) < 4.78 is 46.9. The van der Waals surface area contributed by atoms with E-state index in [2.05, 4.69) is 9.84 Å². The lowest BCUT2D eigenvalue weighted by Crippen LogP contribution is -2.52. The Morgan fingerprint density at radius 1 is 1.00 bits per heavy atom. The molecule has 0 saturated carbocycles. The Morgan fingerprint density at radius 3 is 2.30 bits per heavy atom. The summed E-state index contributed by atoms with van der Waals surface area (Å²) in [4.78, 5) is 37.0. The molecule has 10 nitrogen and oxygen atoms in total. The third kappa shape index (κ3) is 7.61. The van der Waals surface area contributed by atoms with Gasteiger partial charge in [0.1, 0.15) is 17.2 Å². The summed E-state index contributed by atoms with van der Waals surface area (Å²) >= 11 is 6.29. The van der Waals surface area contributed by atoms with Crippen molar-refractivity contribution in [2.24, 2.45) is 0 Å². The van der Waals surface area contributed by atoms with Crippen molar-refractivity contribution in [2.45, 2.75) is 45.3 Å². The first-order valence-corrected chi connectivity index (χ1v) is 14.0. The van der Waals surface area contributed by atoms with Crippen molar-refractivity contribution in [2.75, 3.05) is 33.3 Å². The molecule has 230 valence electrons. The Hall–Kier alpha value is -4.19. The molecule has 0 N–H and O–H groups in total. The zero-order chi connectivity index (χ0) is 31.3. The van der Waals surface area contributed by atoms with E-state index in [0.717, 1.165) is 25.0 Å². The molecule has 3 heterocycles. The number of nitrogens with zero attached hydrogens (tertiary/aromatic N) is 4. The van der Waals surface area contributed by atoms with Gasteiger partial charge in [-0.3, -0.25) is 14.3 Å². The van der Waals surface area contributed by atoms with Crippen LogP contribution in [0.5, 0.6) is 11.5 Å². The fourth-order valence-electron chi connectivity index (χ4n) is 4.68. The van der Waals surface area contributed by atoms with Crippen LogP contribution < -0.4 is 4.74 Å². The molecule has 2 saturated heterocycles. The average Bonchev–Trinajstić information content (AvgIpc) is 3.62. The van der Waals surface area contributed by atoms with Crippen molar-refractivity contribution in [3.05, 3.63) is 64.8 Å². The maximum atomic E-state index is 15.1. The molecule has 0 spiro atoms. The van der Waals surface area contributed by atoms with Crippen molar-refractivity contribution < 1.29 is 37.4 Å². The van der Waals surface area contributed by atoms with E-state index in [-0.39, 0.29) is 23.1 Å². The normalized spacial score (nSPS) is 14.9. The highest BCUT2D eigenvalue weighted by Crippen LogP contribution is 2.39. The highest BCUT2D eigenvalue weighted by atomic mass is 35.5. The van der Waals surface area contributed by atoms with E-state index < -0.39 is 29.2 Å². The van der Waals surface area contributed by atoms with Crippen molar-refractivity contribution in [3.63, 3.8) is 0 Å². The standard InChI is InChI=1S/C28H29ClF2N4O4.C2H4O2/c1-28(2,3)39-27(37)34-15-18(16-34)35-23(8-9-32-35)20-12-17(29)6-7-24(20)38-25-14-21(30)19(13-22(25)31)26(36)33-10-4-5-11-33;1-4-2-3/h6-9,12-14,18H,4-5,10-11,15-16H2,1-3H3;2H,1H3. The molecule has 0 unspecified atom stereocenters. The van der Waals surface area contributed by atoms with Gasteiger partial charge in [0.15, 0.2) is 11.6 Å². The number of hydrogen-bond donors (Lipinski definition) is 0. The molecule has 2 aromatic carbocycles. The van der Waals surface area contributed by atoms with Gasteiger partial charge in [-0.1, -0.05) is 11.6 Å². The minimum atomic E-state index is -0.861. The molecular formula is C30H33ClF2N4O6. The summed E-state index contributed by atoms with van der Waals surface area (Å²) in [5.74, 6) is -2.39. The van der Waals surface area contributed by atoms with Crippen LogP contribution in [0.2, 0.25) is 5.02 Å². The number of methoxy groups -OCH3 is 1. The van der Waals surface area contributed by atoms with Gasteiger partial charge in [0.05, 0.1) is 24.4 Å². The van der Waals surface area contributed by atoms with E-state index in [9.17, 15) is 14.0 Å². The van der Waals surface area contributed by atoms with Crippen LogP contribution in [-0.4, -0.2) is 76.9 Å². The second-order valence-corrected chi connectivity index (χ2v) is 11.5. The maximum absolute atomic E-state index is 15.1. The van der Waals surface area contributed by atoms with E-state index in [1.165, 1.54) is 12.0 Å². The predicted molar refractivity (Wildman–Crippen MR) is 154 cm³/mol. The number of carbonyl (C=O) groups is 3. The van der Waals surface area contributed by atoms with Gasteiger partial charge in [0.25, 0.3) is 12.4 Å². The number of aromatic nitrogens is 2. The number of halogens is 3. The number of carbonyl (C=O) groups excluding carboxylic acids is 3. The summed E-state index contributed by atoms with van der Waals surface area (Å²) in [6, 6.07) is 8.18. The first kappa shape index (κ1) is 31.7. The second-order valence-electron chi connectivity index (χ2n) is 11.0. The van der Waals surface area contributed by atoms with Crippen molar-refractivity contribution >= 4 is 30.1 Å². The maximum Gasteiger partial charge on any atom is 0.410 e.